The van der Waals surface area contributed by atoms with Gasteiger partial charge >= 0.3 is 18.0 Å². The zero-order valence-electron chi connectivity index (χ0n) is 25.9. The molecule has 47 heavy (non-hydrogen) atoms. The van der Waals surface area contributed by atoms with Gasteiger partial charge in [-0.2, -0.15) is 11.8 Å². The normalized spacial score (nSPS) is 11.8. The largest absolute Gasteiger partial charge is 0.461 e. The van der Waals surface area contributed by atoms with E-state index in [1.165, 1.54) is 11.8 Å². The van der Waals surface area contributed by atoms with Gasteiger partial charge < -0.3 is 24.8 Å². The number of hydrogen-bond acceptors (Lipinski definition) is 8. The van der Waals surface area contributed by atoms with Crippen molar-refractivity contribution in [2.45, 2.75) is 50.5 Å². The molecule has 2 N–H and O–H groups in total. The molecule has 0 unspecified atom stereocenters. The number of benzene rings is 4. The molecule has 0 aliphatic carbocycles. The lowest BCUT2D eigenvalue weighted by atomic mass is 10.1. The first-order valence-corrected chi connectivity index (χ1v) is 16.4. The molecule has 0 aromatic heterocycles. The van der Waals surface area contributed by atoms with E-state index in [0.717, 1.165) is 22.3 Å². The molecule has 0 aliphatic heterocycles. The second-order valence-electron chi connectivity index (χ2n) is 10.6. The van der Waals surface area contributed by atoms with Crippen molar-refractivity contribution in [2.75, 3.05) is 5.75 Å². The third-order valence-electron chi connectivity index (χ3n) is 6.92. The van der Waals surface area contributed by atoms with Gasteiger partial charge in [0.2, 0.25) is 5.91 Å². The van der Waals surface area contributed by atoms with Gasteiger partial charge in [0, 0.05) is 17.9 Å². The van der Waals surface area contributed by atoms with E-state index in [1.54, 1.807) is 0 Å². The molecule has 0 saturated carbocycles. The summed E-state index contributed by atoms with van der Waals surface area (Å²) >= 11 is 1.44. The van der Waals surface area contributed by atoms with Crippen LogP contribution in [0.4, 0.5) is 4.79 Å². The summed E-state index contributed by atoms with van der Waals surface area (Å²) in [5.41, 5.74) is 3.45. The highest BCUT2D eigenvalue weighted by Crippen LogP contribution is 2.14. The number of amides is 2. The Labute approximate surface area is 279 Å². The Morgan fingerprint density at radius 1 is 0.553 bits per heavy atom. The summed E-state index contributed by atoms with van der Waals surface area (Å²) in [6.45, 7) is 0.105. The lowest BCUT2D eigenvalue weighted by Gasteiger charge is -2.22. The summed E-state index contributed by atoms with van der Waals surface area (Å²) in [4.78, 5) is 52.2. The van der Waals surface area contributed by atoms with Gasteiger partial charge in [-0.25, -0.2) is 9.59 Å². The zero-order valence-corrected chi connectivity index (χ0v) is 26.7. The van der Waals surface area contributed by atoms with Gasteiger partial charge in [0.05, 0.1) is 0 Å². The molecule has 0 spiro atoms. The molecule has 4 aromatic carbocycles. The summed E-state index contributed by atoms with van der Waals surface area (Å²) in [5.74, 6) is -1.05. The summed E-state index contributed by atoms with van der Waals surface area (Å²) in [6, 6.07) is 35.0. The van der Waals surface area contributed by atoms with E-state index in [-0.39, 0.29) is 38.4 Å². The predicted molar refractivity (Wildman–Crippen MR) is 180 cm³/mol. The number of hydrogen-bond donors (Lipinski definition) is 2. The van der Waals surface area contributed by atoms with Crippen LogP contribution in [0, 0.1) is 0 Å². The molecule has 4 aromatic rings. The van der Waals surface area contributed by atoms with E-state index < -0.39 is 36.0 Å². The smallest absolute Gasteiger partial charge is 0.408 e. The first-order valence-electron chi connectivity index (χ1n) is 15.3. The van der Waals surface area contributed by atoms with Crippen molar-refractivity contribution in [1.82, 2.24) is 10.6 Å². The molecule has 0 heterocycles. The van der Waals surface area contributed by atoms with E-state index in [9.17, 15) is 19.2 Å². The van der Waals surface area contributed by atoms with Crippen LogP contribution < -0.4 is 10.6 Å². The lowest BCUT2D eigenvalue weighted by molar-refractivity contribution is -0.150. The molecule has 0 aliphatic rings. The van der Waals surface area contributed by atoms with E-state index in [2.05, 4.69) is 10.6 Å². The molecule has 0 bridgehead atoms. The number of esters is 2. The predicted octanol–water partition coefficient (Wildman–Crippen LogP) is 5.97. The number of nitrogens with one attached hydrogen (secondary N) is 2. The molecule has 10 heteroatoms. The minimum atomic E-state index is -1.17. The van der Waals surface area contributed by atoms with E-state index in [0.29, 0.717) is 5.75 Å². The molecular weight excluding hydrogens is 616 g/mol. The van der Waals surface area contributed by atoms with Gasteiger partial charge in [-0.3, -0.25) is 9.59 Å². The van der Waals surface area contributed by atoms with Gasteiger partial charge in [-0.1, -0.05) is 121 Å². The number of thioether (sulfide) groups is 1. The van der Waals surface area contributed by atoms with Gasteiger partial charge in [-0.05, 0) is 28.7 Å². The molecular formula is C37H38N2O7S. The average Bonchev–Trinajstić information content (AvgIpc) is 3.11. The fourth-order valence-electron chi connectivity index (χ4n) is 4.38. The van der Waals surface area contributed by atoms with Crippen LogP contribution in [0.15, 0.2) is 121 Å². The fourth-order valence-corrected chi connectivity index (χ4v) is 5.40. The number of alkyl carbamates (subject to hydrolysis) is 1. The first kappa shape index (κ1) is 34.8. The van der Waals surface area contributed by atoms with Gasteiger partial charge in [0.25, 0.3) is 0 Å². The molecule has 244 valence electrons. The maximum absolute atomic E-state index is 13.6. The summed E-state index contributed by atoms with van der Waals surface area (Å²) < 4.78 is 16.3. The summed E-state index contributed by atoms with van der Waals surface area (Å²) in [5, 5.41) is 5.35. The van der Waals surface area contributed by atoms with Crippen molar-refractivity contribution in [3.05, 3.63) is 144 Å². The van der Waals surface area contributed by atoms with Gasteiger partial charge in [-0.15, -0.1) is 0 Å². The van der Waals surface area contributed by atoms with Crippen molar-refractivity contribution in [1.29, 1.82) is 0 Å². The van der Waals surface area contributed by atoms with Crippen molar-refractivity contribution in [3.8, 4) is 0 Å². The summed E-state index contributed by atoms with van der Waals surface area (Å²) in [6.07, 6.45) is -0.977. The topological polar surface area (TPSA) is 120 Å². The number of carbonyl (C=O) groups is 4. The second kappa shape index (κ2) is 19.4. The van der Waals surface area contributed by atoms with Gasteiger partial charge in [0.15, 0.2) is 0 Å². The Kier molecular flexibility index (Phi) is 14.4. The molecule has 2 amide bonds. The first-order chi connectivity index (χ1) is 23.0. The minimum absolute atomic E-state index is 0.00901. The average molecular weight is 655 g/mol. The number of carbonyl (C=O) groups excluding carboxylic acids is 4. The summed E-state index contributed by atoms with van der Waals surface area (Å²) in [7, 11) is 0. The Bertz CT molecular complexity index is 1540. The van der Waals surface area contributed by atoms with E-state index >= 15 is 0 Å². The van der Waals surface area contributed by atoms with Crippen molar-refractivity contribution < 1.29 is 33.4 Å². The van der Waals surface area contributed by atoms with Crippen LogP contribution in [0.25, 0.3) is 0 Å². The van der Waals surface area contributed by atoms with Crippen LogP contribution in [0.2, 0.25) is 0 Å². The monoisotopic (exact) mass is 654 g/mol. The SMILES string of the molecule is O=C(CC[C@H](NC(=O)[C@H](CSCc1ccccc1)NC(=O)OCc1ccccc1)C(=O)OCc1ccccc1)OCc1ccccc1. The van der Waals surface area contributed by atoms with Crippen molar-refractivity contribution >= 4 is 35.7 Å². The Morgan fingerprint density at radius 2 is 1.02 bits per heavy atom. The third-order valence-corrected chi connectivity index (χ3v) is 8.03. The molecule has 4 rings (SSSR count). The van der Waals surface area contributed by atoms with Crippen LogP contribution in [0.5, 0.6) is 0 Å². The highest BCUT2D eigenvalue weighted by molar-refractivity contribution is 7.98. The van der Waals surface area contributed by atoms with Crippen LogP contribution in [0.3, 0.4) is 0 Å². The molecule has 9 nitrogen and oxygen atoms in total. The molecule has 0 radical (unpaired) electrons. The zero-order chi connectivity index (χ0) is 33.1. The van der Waals surface area contributed by atoms with Crippen LogP contribution >= 0.6 is 11.8 Å². The Balaban J connectivity index is 1.40. The standard InChI is InChI=1S/C37H38N2O7S/c40-34(44-23-28-13-5-1-6-14-28)22-21-32(36(42)45-24-29-15-7-2-8-16-29)38-35(41)33(27-47-26-31-19-11-4-12-20-31)39-37(43)46-25-30-17-9-3-10-18-30/h1-20,32-33H,21-27H2,(H,38,41)(H,39,43)/t32-,33-/m0/s1. The van der Waals surface area contributed by atoms with Crippen LogP contribution in [-0.4, -0.2) is 41.8 Å². The highest BCUT2D eigenvalue weighted by atomic mass is 32.2. The second-order valence-corrected chi connectivity index (χ2v) is 11.6. The fraction of sp³-hybridized carbons (Fsp3) is 0.243. The molecule has 0 fully saturated rings. The number of rotatable bonds is 17. The van der Waals surface area contributed by atoms with Crippen molar-refractivity contribution in [2.24, 2.45) is 0 Å². The highest BCUT2D eigenvalue weighted by Gasteiger charge is 2.29. The lowest BCUT2D eigenvalue weighted by Crippen LogP contribution is -2.53. The van der Waals surface area contributed by atoms with Crippen molar-refractivity contribution in [3.63, 3.8) is 0 Å². The van der Waals surface area contributed by atoms with Crippen LogP contribution in [-0.2, 0) is 54.2 Å². The third kappa shape index (κ3) is 13.0. The quantitative estimate of drug-likeness (QED) is 0.106. The van der Waals surface area contributed by atoms with Crippen LogP contribution in [0.1, 0.15) is 35.1 Å². The van der Waals surface area contributed by atoms with E-state index in [4.69, 9.17) is 14.2 Å². The van der Waals surface area contributed by atoms with E-state index in [1.807, 2.05) is 121 Å². The Hall–Kier alpha value is -5.09. The Morgan fingerprint density at radius 3 is 1.55 bits per heavy atom. The van der Waals surface area contributed by atoms with Gasteiger partial charge in [0.1, 0.15) is 31.9 Å². The maximum Gasteiger partial charge on any atom is 0.408 e. The minimum Gasteiger partial charge on any atom is -0.461 e. The molecule has 2 atom stereocenters. The maximum atomic E-state index is 13.6. The number of ether oxygens (including phenoxy) is 3. The molecule has 0 saturated heterocycles.